The van der Waals surface area contributed by atoms with E-state index >= 15 is 0 Å². The highest BCUT2D eigenvalue weighted by Crippen LogP contribution is 2.21. The van der Waals surface area contributed by atoms with Gasteiger partial charge in [0, 0.05) is 13.1 Å². The highest BCUT2D eigenvalue weighted by atomic mass is 32.1. The molecule has 1 unspecified atom stereocenters. The van der Waals surface area contributed by atoms with Crippen LogP contribution in [-0.4, -0.2) is 49.4 Å². The first-order valence-electron chi connectivity index (χ1n) is 7.51. The van der Waals surface area contributed by atoms with Crippen molar-refractivity contribution in [2.45, 2.75) is 31.7 Å². The van der Waals surface area contributed by atoms with Gasteiger partial charge in [0.25, 0.3) is 5.91 Å². The number of likely N-dealkylation sites (tertiary alicyclic amines) is 1. The van der Waals surface area contributed by atoms with Gasteiger partial charge in [0.15, 0.2) is 0 Å². The van der Waals surface area contributed by atoms with Crippen molar-refractivity contribution in [3.05, 3.63) is 22.4 Å². The van der Waals surface area contributed by atoms with E-state index in [0.29, 0.717) is 18.0 Å². The third-order valence-electron chi connectivity index (χ3n) is 3.70. The van der Waals surface area contributed by atoms with E-state index in [1.165, 1.54) is 11.3 Å². The van der Waals surface area contributed by atoms with E-state index in [-0.39, 0.29) is 17.9 Å². The predicted octanol–water partition coefficient (Wildman–Crippen LogP) is 1.47. The molecule has 116 valence electrons. The number of piperidine rings is 1. The summed E-state index contributed by atoms with van der Waals surface area (Å²) in [4.78, 5) is 27.3. The maximum absolute atomic E-state index is 12.5. The quantitative estimate of drug-likeness (QED) is 0.782. The third-order valence-corrected chi connectivity index (χ3v) is 4.56. The summed E-state index contributed by atoms with van der Waals surface area (Å²) in [5, 5.41) is 7.89. The molecule has 1 aromatic heterocycles. The SMILES string of the molecule is CNCCCNC(=O)C1CCCCN1C(=O)c1cccs1. The van der Waals surface area contributed by atoms with Gasteiger partial charge in [-0.1, -0.05) is 6.07 Å². The van der Waals surface area contributed by atoms with Crippen LogP contribution in [0.4, 0.5) is 0 Å². The molecule has 1 saturated heterocycles. The van der Waals surface area contributed by atoms with E-state index in [1.54, 1.807) is 4.90 Å². The molecular formula is C15H23N3O2S. The molecule has 0 radical (unpaired) electrons. The van der Waals surface area contributed by atoms with Crippen LogP contribution in [0.2, 0.25) is 0 Å². The first-order chi connectivity index (χ1) is 10.2. The van der Waals surface area contributed by atoms with E-state index in [4.69, 9.17) is 0 Å². The minimum absolute atomic E-state index is 0.0138. The van der Waals surface area contributed by atoms with E-state index < -0.39 is 0 Å². The van der Waals surface area contributed by atoms with Gasteiger partial charge in [0.05, 0.1) is 4.88 Å². The molecular weight excluding hydrogens is 286 g/mol. The maximum Gasteiger partial charge on any atom is 0.264 e. The molecule has 6 heteroatoms. The van der Waals surface area contributed by atoms with Crippen LogP contribution in [0, 0.1) is 0 Å². The Morgan fingerprint density at radius 2 is 2.24 bits per heavy atom. The molecule has 1 atom stereocenters. The highest BCUT2D eigenvalue weighted by molar-refractivity contribution is 7.12. The molecule has 0 aromatic carbocycles. The largest absolute Gasteiger partial charge is 0.354 e. The topological polar surface area (TPSA) is 61.4 Å². The smallest absolute Gasteiger partial charge is 0.264 e. The molecule has 2 amide bonds. The fraction of sp³-hybridized carbons (Fsp3) is 0.600. The van der Waals surface area contributed by atoms with Crippen LogP contribution in [-0.2, 0) is 4.79 Å². The number of amides is 2. The van der Waals surface area contributed by atoms with E-state index in [9.17, 15) is 9.59 Å². The fourth-order valence-electron chi connectivity index (χ4n) is 2.58. The number of nitrogens with zero attached hydrogens (tertiary/aromatic N) is 1. The molecule has 21 heavy (non-hydrogen) atoms. The Balaban J connectivity index is 1.95. The van der Waals surface area contributed by atoms with Crippen LogP contribution < -0.4 is 10.6 Å². The molecule has 1 fully saturated rings. The highest BCUT2D eigenvalue weighted by Gasteiger charge is 2.32. The molecule has 5 nitrogen and oxygen atoms in total. The average Bonchev–Trinajstić information content (AvgIpc) is 3.05. The lowest BCUT2D eigenvalue weighted by Crippen LogP contribution is -2.52. The monoisotopic (exact) mass is 309 g/mol. The van der Waals surface area contributed by atoms with Gasteiger partial charge in [-0.15, -0.1) is 11.3 Å². The first kappa shape index (κ1) is 16.0. The van der Waals surface area contributed by atoms with Crippen molar-refractivity contribution in [2.24, 2.45) is 0 Å². The molecule has 1 aliphatic heterocycles. The molecule has 2 rings (SSSR count). The van der Waals surface area contributed by atoms with Crippen molar-refractivity contribution in [3.63, 3.8) is 0 Å². The summed E-state index contributed by atoms with van der Waals surface area (Å²) < 4.78 is 0. The normalized spacial score (nSPS) is 18.5. The standard InChI is InChI=1S/C15H23N3O2S/c1-16-8-5-9-17-14(19)12-6-2-3-10-18(12)15(20)13-7-4-11-21-13/h4,7,11-12,16H,2-3,5-6,8-10H2,1H3,(H,17,19). The Kier molecular flexibility index (Phi) is 6.20. The lowest BCUT2D eigenvalue weighted by atomic mass is 10.0. The Morgan fingerprint density at radius 1 is 1.38 bits per heavy atom. The summed E-state index contributed by atoms with van der Waals surface area (Å²) >= 11 is 1.43. The molecule has 0 saturated carbocycles. The lowest BCUT2D eigenvalue weighted by molar-refractivity contribution is -0.126. The minimum atomic E-state index is -0.317. The summed E-state index contributed by atoms with van der Waals surface area (Å²) in [7, 11) is 1.89. The molecule has 0 aliphatic carbocycles. The summed E-state index contributed by atoms with van der Waals surface area (Å²) in [5.74, 6) is -0.0317. The lowest BCUT2D eigenvalue weighted by Gasteiger charge is -2.34. The number of hydrogen-bond acceptors (Lipinski definition) is 4. The maximum atomic E-state index is 12.5. The number of carbonyl (C=O) groups is 2. The molecule has 2 N–H and O–H groups in total. The van der Waals surface area contributed by atoms with Crippen LogP contribution in [0.15, 0.2) is 17.5 Å². The summed E-state index contributed by atoms with van der Waals surface area (Å²) in [6.45, 7) is 2.20. The molecule has 2 heterocycles. The zero-order chi connectivity index (χ0) is 15.1. The van der Waals surface area contributed by atoms with Crippen molar-refractivity contribution < 1.29 is 9.59 Å². The third kappa shape index (κ3) is 4.28. The number of nitrogens with one attached hydrogen (secondary N) is 2. The first-order valence-corrected chi connectivity index (χ1v) is 8.39. The Morgan fingerprint density at radius 3 is 2.95 bits per heavy atom. The second-order valence-electron chi connectivity index (χ2n) is 5.24. The molecule has 0 spiro atoms. The number of hydrogen-bond donors (Lipinski definition) is 2. The van der Waals surface area contributed by atoms with E-state index in [0.717, 1.165) is 32.2 Å². The predicted molar refractivity (Wildman–Crippen MR) is 84.5 cm³/mol. The van der Waals surface area contributed by atoms with E-state index in [1.807, 2.05) is 24.6 Å². The number of rotatable bonds is 6. The van der Waals surface area contributed by atoms with Gasteiger partial charge in [-0.3, -0.25) is 9.59 Å². The molecule has 1 aromatic rings. The van der Waals surface area contributed by atoms with Gasteiger partial charge in [0.2, 0.25) is 5.91 Å². The van der Waals surface area contributed by atoms with Gasteiger partial charge < -0.3 is 15.5 Å². The van der Waals surface area contributed by atoms with Crippen LogP contribution in [0.1, 0.15) is 35.4 Å². The molecule has 0 bridgehead atoms. The van der Waals surface area contributed by atoms with Crippen LogP contribution in [0.3, 0.4) is 0 Å². The van der Waals surface area contributed by atoms with Crippen LogP contribution in [0.5, 0.6) is 0 Å². The van der Waals surface area contributed by atoms with Gasteiger partial charge >= 0.3 is 0 Å². The zero-order valence-corrected chi connectivity index (χ0v) is 13.2. The van der Waals surface area contributed by atoms with Gasteiger partial charge in [-0.25, -0.2) is 0 Å². The van der Waals surface area contributed by atoms with E-state index in [2.05, 4.69) is 10.6 Å². The fourth-order valence-corrected chi connectivity index (χ4v) is 3.26. The summed E-state index contributed by atoms with van der Waals surface area (Å²) in [6, 6.07) is 3.38. The van der Waals surface area contributed by atoms with Gasteiger partial charge in [0.1, 0.15) is 6.04 Å². The van der Waals surface area contributed by atoms with Crippen molar-refractivity contribution >= 4 is 23.2 Å². The minimum Gasteiger partial charge on any atom is -0.354 e. The summed E-state index contributed by atoms with van der Waals surface area (Å²) in [5.41, 5.74) is 0. The zero-order valence-electron chi connectivity index (χ0n) is 12.4. The van der Waals surface area contributed by atoms with Crippen LogP contribution >= 0.6 is 11.3 Å². The van der Waals surface area contributed by atoms with Crippen molar-refractivity contribution in [2.75, 3.05) is 26.7 Å². The second-order valence-corrected chi connectivity index (χ2v) is 6.18. The summed E-state index contributed by atoms with van der Waals surface area (Å²) in [6.07, 6.45) is 3.63. The number of thiophene rings is 1. The van der Waals surface area contributed by atoms with Gasteiger partial charge in [-0.05, 0) is 50.7 Å². The number of carbonyl (C=O) groups excluding carboxylic acids is 2. The Bertz CT molecular complexity index is 461. The Hall–Kier alpha value is -1.40. The average molecular weight is 309 g/mol. The molecule has 1 aliphatic rings. The van der Waals surface area contributed by atoms with Gasteiger partial charge in [-0.2, -0.15) is 0 Å². The van der Waals surface area contributed by atoms with Crippen molar-refractivity contribution in [1.29, 1.82) is 0 Å². The van der Waals surface area contributed by atoms with Crippen molar-refractivity contribution in [1.82, 2.24) is 15.5 Å². The van der Waals surface area contributed by atoms with Crippen molar-refractivity contribution in [3.8, 4) is 0 Å². The second kappa shape index (κ2) is 8.14. The Labute approximate surface area is 129 Å². The van der Waals surface area contributed by atoms with Crippen LogP contribution in [0.25, 0.3) is 0 Å².